The average Bonchev–Trinajstić information content (AvgIpc) is 3.68. The van der Waals surface area contributed by atoms with Crippen LogP contribution in [-0.2, 0) is 5.41 Å². The summed E-state index contributed by atoms with van der Waals surface area (Å²) in [6.07, 6.45) is 6.66. The Kier molecular flexibility index (Phi) is 6.69. The summed E-state index contributed by atoms with van der Waals surface area (Å²) in [6, 6.07) is 57.3. The topological polar surface area (TPSA) is 12.5 Å². The Morgan fingerprint density at radius 2 is 1.24 bits per heavy atom. The minimum atomic E-state index is -0.112. The van der Waals surface area contributed by atoms with E-state index < -0.39 is 0 Å². The van der Waals surface area contributed by atoms with Crippen molar-refractivity contribution in [2.24, 2.45) is 0 Å². The molecule has 2 unspecified atom stereocenters. The van der Waals surface area contributed by atoms with Crippen molar-refractivity contribution in [2.75, 3.05) is 4.90 Å². The zero-order valence-corrected chi connectivity index (χ0v) is 28.8. The lowest BCUT2D eigenvalue weighted by atomic mass is 9.82. The molecule has 0 saturated heterocycles. The SMILES string of the molecule is CC1(C)c2ccccc2-c2ccc(N(c3ccccc3)c3cc4c(c5ccccc35)OC3C(c5cccc(-c6ccccc6)c5)=CC=CC43)cc21. The van der Waals surface area contributed by atoms with Gasteiger partial charge in [-0.2, -0.15) is 0 Å². The van der Waals surface area contributed by atoms with Crippen molar-refractivity contribution in [3.05, 3.63) is 198 Å². The molecular formula is C49H37NO. The fraction of sp³-hybridized carbons (Fsp3) is 0.102. The summed E-state index contributed by atoms with van der Waals surface area (Å²) in [5.41, 5.74) is 14.8. The summed E-state index contributed by atoms with van der Waals surface area (Å²) in [6.45, 7) is 4.71. The molecule has 0 N–H and O–H groups in total. The van der Waals surface area contributed by atoms with Gasteiger partial charge < -0.3 is 9.64 Å². The van der Waals surface area contributed by atoms with Crippen LogP contribution in [0.25, 0.3) is 38.6 Å². The summed E-state index contributed by atoms with van der Waals surface area (Å²) in [5, 5.41) is 2.31. The molecule has 0 fully saturated rings. The second-order valence-corrected chi connectivity index (χ2v) is 14.4. The molecule has 1 aliphatic heterocycles. The number of hydrogen-bond donors (Lipinski definition) is 0. The normalized spacial score (nSPS) is 17.6. The first kappa shape index (κ1) is 29.8. The molecule has 7 aromatic rings. The van der Waals surface area contributed by atoms with Crippen molar-refractivity contribution in [1.29, 1.82) is 0 Å². The largest absolute Gasteiger partial charge is 0.484 e. The number of fused-ring (bicyclic) bond motifs is 8. The van der Waals surface area contributed by atoms with Crippen LogP contribution in [0.3, 0.4) is 0 Å². The molecule has 0 amide bonds. The van der Waals surface area contributed by atoms with Gasteiger partial charge in [-0.15, -0.1) is 0 Å². The highest BCUT2D eigenvalue weighted by Gasteiger charge is 2.40. The molecule has 7 aromatic carbocycles. The first-order valence-electron chi connectivity index (χ1n) is 17.9. The van der Waals surface area contributed by atoms with Gasteiger partial charge in [0.05, 0.1) is 5.69 Å². The van der Waals surface area contributed by atoms with E-state index in [9.17, 15) is 0 Å². The second-order valence-electron chi connectivity index (χ2n) is 14.4. The molecule has 3 aliphatic rings. The highest BCUT2D eigenvalue weighted by molar-refractivity contribution is 6.04. The molecule has 2 atom stereocenters. The van der Waals surface area contributed by atoms with Crippen LogP contribution >= 0.6 is 0 Å². The van der Waals surface area contributed by atoms with Crippen LogP contribution in [0.2, 0.25) is 0 Å². The van der Waals surface area contributed by atoms with E-state index >= 15 is 0 Å². The molecule has 0 aromatic heterocycles. The van der Waals surface area contributed by atoms with E-state index in [1.54, 1.807) is 0 Å². The van der Waals surface area contributed by atoms with Gasteiger partial charge in [0.2, 0.25) is 0 Å². The maximum Gasteiger partial charge on any atom is 0.135 e. The van der Waals surface area contributed by atoms with E-state index in [1.165, 1.54) is 55.5 Å². The summed E-state index contributed by atoms with van der Waals surface area (Å²) in [7, 11) is 0. The van der Waals surface area contributed by atoms with Crippen LogP contribution in [0.4, 0.5) is 17.1 Å². The van der Waals surface area contributed by atoms with E-state index in [4.69, 9.17) is 4.74 Å². The highest BCUT2D eigenvalue weighted by Crippen LogP contribution is 2.54. The zero-order chi connectivity index (χ0) is 34.1. The van der Waals surface area contributed by atoms with Gasteiger partial charge in [0.15, 0.2) is 0 Å². The third-order valence-corrected chi connectivity index (χ3v) is 11.2. The van der Waals surface area contributed by atoms with Crippen LogP contribution in [0.15, 0.2) is 176 Å². The number of para-hydroxylation sites is 1. The monoisotopic (exact) mass is 655 g/mol. The maximum absolute atomic E-state index is 7.07. The van der Waals surface area contributed by atoms with Gasteiger partial charge in [-0.3, -0.25) is 0 Å². The fourth-order valence-corrected chi connectivity index (χ4v) is 8.72. The third kappa shape index (κ3) is 4.63. The number of benzene rings is 7. The molecule has 10 rings (SSSR count). The predicted molar refractivity (Wildman–Crippen MR) is 212 cm³/mol. The molecule has 2 nitrogen and oxygen atoms in total. The van der Waals surface area contributed by atoms with Crippen molar-refractivity contribution < 1.29 is 4.74 Å². The lowest BCUT2D eigenvalue weighted by Gasteiger charge is -2.29. The number of anilines is 3. The molecule has 0 spiro atoms. The molecule has 0 radical (unpaired) electrons. The lowest BCUT2D eigenvalue weighted by molar-refractivity contribution is 0.281. The fourth-order valence-electron chi connectivity index (χ4n) is 8.72. The van der Waals surface area contributed by atoms with Crippen molar-refractivity contribution in [3.8, 4) is 28.0 Å². The Morgan fingerprint density at radius 1 is 0.549 bits per heavy atom. The number of hydrogen-bond acceptors (Lipinski definition) is 2. The van der Waals surface area contributed by atoms with Crippen molar-refractivity contribution in [2.45, 2.75) is 31.3 Å². The van der Waals surface area contributed by atoms with E-state index in [0.29, 0.717) is 0 Å². The molecule has 0 bridgehead atoms. The smallest absolute Gasteiger partial charge is 0.135 e. The summed E-state index contributed by atoms with van der Waals surface area (Å²) in [4.78, 5) is 2.45. The Morgan fingerprint density at radius 3 is 2.08 bits per heavy atom. The first-order chi connectivity index (χ1) is 25.1. The van der Waals surface area contributed by atoms with Gasteiger partial charge in [-0.05, 0) is 75.3 Å². The first-order valence-corrected chi connectivity index (χ1v) is 17.9. The van der Waals surface area contributed by atoms with Gasteiger partial charge in [0.1, 0.15) is 11.9 Å². The standard InChI is InChI=1S/C49H37NO/c1-49(2)44-26-12-11-21-38(44)39-28-27-36(30-45(39)49)50(35-19-7-4-8-20-35)46-31-43-42-25-14-24-37(47(42)51-48(43)41-23-10-9-22-40(41)46)34-18-13-17-33(29-34)32-15-5-3-6-16-32/h3-31,42,47H,1-2H3. The number of allylic oxidation sites excluding steroid dienone is 2. The van der Waals surface area contributed by atoms with Crippen molar-refractivity contribution in [1.82, 2.24) is 0 Å². The van der Waals surface area contributed by atoms with Crippen LogP contribution in [0.5, 0.6) is 5.75 Å². The summed E-state index contributed by atoms with van der Waals surface area (Å²) >= 11 is 0. The molecule has 51 heavy (non-hydrogen) atoms. The van der Waals surface area contributed by atoms with Crippen molar-refractivity contribution >= 4 is 33.4 Å². The Hall–Kier alpha value is -6.12. The van der Waals surface area contributed by atoms with Gasteiger partial charge >= 0.3 is 0 Å². The van der Waals surface area contributed by atoms with Gasteiger partial charge in [0.25, 0.3) is 0 Å². The van der Waals surface area contributed by atoms with Crippen LogP contribution in [0.1, 0.15) is 42.0 Å². The number of ether oxygens (including phenoxy) is 1. The van der Waals surface area contributed by atoms with E-state index in [0.717, 1.165) is 28.2 Å². The molecule has 244 valence electrons. The molecule has 1 heterocycles. The summed E-state index contributed by atoms with van der Waals surface area (Å²) in [5.74, 6) is 1.08. The number of nitrogens with zero attached hydrogens (tertiary/aromatic N) is 1. The van der Waals surface area contributed by atoms with Gasteiger partial charge in [-0.25, -0.2) is 0 Å². The van der Waals surface area contributed by atoms with Crippen LogP contribution < -0.4 is 9.64 Å². The van der Waals surface area contributed by atoms with Gasteiger partial charge in [-0.1, -0.05) is 153 Å². The molecule has 0 saturated carbocycles. The average molecular weight is 656 g/mol. The lowest BCUT2D eigenvalue weighted by Crippen LogP contribution is -2.21. The maximum atomic E-state index is 7.07. The highest BCUT2D eigenvalue weighted by atomic mass is 16.5. The predicted octanol–water partition coefficient (Wildman–Crippen LogP) is 12.8. The van der Waals surface area contributed by atoms with Crippen LogP contribution in [0, 0.1) is 0 Å². The quantitative estimate of drug-likeness (QED) is 0.183. The minimum absolute atomic E-state index is 0.0924. The summed E-state index contributed by atoms with van der Waals surface area (Å²) < 4.78 is 7.07. The Labute approximate surface area is 299 Å². The molecule has 2 heteroatoms. The Balaban J connectivity index is 1.12. The molecule has 2 aliphatic carbocycles. The minimum Gasteiger partial charge on any atom is -0.484 e. The van der Waals surface area contributed by atoms with E-state index in [2.05, 4.69) is 195 Å². The Bertz CT molecular complexity index is 2540. The zero-order valence-electron chi connectivity index (χ0n) is 28.8. The van der Waals surface area contributed by atoms with E-state index in [1.807, 2.05) is 0 Å². The second kappa shape index (κ2) is 11.5. The van der Waals surface area contributed by atoms with Crippen molar-refractivity contribution in [3.63, 3.8) is 0 Å². The van der Waals surface area contributed by atoms with Gasteiger partial charge in [0, 0.05) is 44.6 Å². The van der Waals surface area contributed by atoms with Crippen LogP contribution in [-0.4, -0.2) is 6.10 Å². The third-order valence-electron chi connectivity index (χ3n) is 11.2. The molecular weight excluding hydrogens is 619 g/mol. The number of rotatable bonds is 5. The van der Waals surface area contributed by atoms with E-state index in [-0.39, 0.29) is 17.4 Å².